The summed E-state index contributed by atoms with van der Waals surface area (Å²) in [6, 6.07) is 14.3. The Kier molecular flexibility index (Phi) is 3.42. The van der Waals surface area contributed by atoms with E-state index < -0.39 is 0 Å². The van der Waals surface area contributed by atoms with E-state index in [9.17, 15) is 4.79 Å². The Balaban J connectivity index is 2.03. The lowest BCUT2D eigenvalue weighted by Crippen LogP contribution is -2.36. The summed E-state index contributed by atoms with van der Waals surface area (Å²) < 4.78 is 0. The van der Waals surface area contributed by atoms with E-state index in [4.69, 9.17) is 0 Å². The minimum atomic E-state index is 0.0665. The quantitative estimate of drug-likeness (QED) is 0.911. The van der Waals surface area contributed by atoms with Gasteiger partial charge in [-0.1, -0.05) is 24.3 Å². The van der Waals surface area contributed by atoms with Crippen LogP contribution in [0.1, 0.15) is 28.4 Å². The molecular weight excluding hydrogens is 260 g/mol. The molecule has 0 spiro atoms. The highest BCUT2D eigenvalue weighted by Gasteiger charge is 2.32. The molecule has 3 rings (SSSR count). The zero-order chi connectivity index (χ0) is 15.0. The second kappa shape index (κ2) is 5.24. The SMILES string of the molecule is CNc1cc(C)ccc1C(=O)N1c2ccccc2CC1C. The number of para-hydroxylation sites is 1. The predicted molar refractivity (Wildman–Crippen MR) is 87.1 cm³/mol. The highest BCUT2D eigenvalue weighted by atomic mass is 16.2. The zero-order valence-electron chi connectivity index (χ0n) is 12.7. The molecular formula is C18H20N2O. The molecule has 0 saturated carbocycles. The minimum absolute atomic E-state index is 0.0665. The van der Waals surface area contributed by atoms with Crippen molar-refractivity contribution < 1.29 is 4.79 Å². The molecule has 3 nitrogen and oxygen atoms in total. The third kappa shape index (κ3) is 2.29. The summed E-state index contributed by atoms with van der Waals surface area (Å²) in [5.41, 5.74) is 5.04. The minimum Gasteiger partial charge on any atom is -0.387 e. The number of amides is 1. The standard InChI is InChI=1S/C18H20N2O/c1-12-8-9-15(16(10-12)19-3)18(21)20-13(2)11-14-6-4-5-7-17(14)20/h4-10,13,19H,11H2,1-3H3. The molecule has 2 aromatic rings. The maximum atomic E-state index is 13.0. The van der Waals surface area contributed by atoms with Crippen LogP contribution >= 0.6 is 0 Å². The van der Waals surface area contributed by atoms with Gasteiger partial charge in [0.05, 0.1) is 5.56 Å². The molecule has 1 aliphatic heterocycles. The lowest BCUT2D eigenvalue weighted by Gasteiger charge is -2.24. The summed E-state index contributed by atoms with van der Waals surface area (Å²) in [5.74, 6) is 0.0665. The summed E-state index contributed by atoms with van der Waals surface area (Å²) in [6.07, 6.45) is 0.919. The van der Waals surface area contributed by atoms with Crippen LogP contribution in [0.25, 0.3) is 0 Å². The van der Waals surface area contributed by atoms with Gasteiger partial charge in [0.2, 0.25) is 0 Å². The van der Waals surface area contributed by atoms with E-state index in [-0.39, 0.29) is 11.9 Å². The fraction of sp³-hybridized carbons (Fsp3) is 0.278. The number of aryl methyl sites for hydroxylation is 1. The largest absolute Gasteiger partial charge is 0.387 e. The summed E-state index contributed by atoms with van der Waals surface area (Å²) in [4.78, 5) is 14.9. The highest BCUT2D eigenvalue weighted by Crippen LogP contribution is 2.34. The van der Waals surface area contributed by atoms with E-state index in [1.165, 1.54) is 5.56 Å². The van der Waals surface area contributed by atoms with Crippen molar-refractivity contribution in [2.45, 2.75) is 26.3 Å². The van der Waals surface area contributed by atoms with Crippen molar-refractivity contribution in [3.05, 3.63) is 59.2 Å². The Hall–Kier alpha value is -2.29. The van der Waals surface area contributed by atoms with Gasteiger partial charge in [0.1, 0.15) is 0 Å². The number of fused-ring (bicyclic) bond motifs is 1. The van der Waals surface area contributed by atoms with Gasteiger partial charge >= 0.3 is 0 Å². The average Bonchev–Trinajstić information content (AvgIpc) is 2.82. The second-order valence-corrected chi connectivity index (χ2v) is 5.66. The summed E-state index contributed by atoms with van der Waals surface area (Å²) in [6.45, 7) is 4.13. The average molecular weight is 280 g/mol. The normalized spacial score (nSPS) is 16.7. The van der Waals surface area contributed by atoms with Gasteiger partial charge in [-0.3, -0.25) is 4.79 Å². The molecule has 0 aliphatic carbocycles. The fourth-order valence-electron chi connectivity index (χ4n) is 3.06. The molecule has 1 aliphatic rings. The first kappa shape index (κ1) is 13.7. The van der Waals surface area contributed by atoms with E-state index in [1.54, 1.807) is 0 Å². The van der Waals surface area contributed by atoms with Gasteiger partial charge in [-0.2, -0.15) is 0 Å². The number of hydrogen-bond donors (Lipinski definition) is 1. The molecule has 108 valence electrons. The summed E-state index contributed by atoms with van der Waals surface area (Å²) in [5, 5.41) is 3.13. The Morgan fingerprint density at radius 2 is 2.00 bits per heavy atom. The number of rotatable bonds is 2. The zero-order valence-corrected chi connectivity index (χ0v) is 12.7. The van der Waals surface area contributed by atoms with E-state index in [0.717, 1.165) is 28.9 Å². The van der Waals surface area contributed by atoms with Crippen LogP contribution in [0.3, 0.4) is 0 Å². The third-order valence-corrected chi connectivity index (χ3v) is 4.10. The van der Waals surface area contributed by atoms with Crippen molar-refractivity contribution in [1.82, 2.24) is 0 Å². The Morgan fingerprint density at radius 3 is 2.76 bits per heavy atom. The molecule has 0 fully saturated rings. The van der Waals surface area contributed by atoms with Crippen molar-refractivity contribution in [1.29, 1.82) is 0 Å². The Labute approximate surface area is 125 Å². The Bertz CT molecular complexity index is 693. The van der Waals surface area contributed by atoms with Gasteiger partial charge in [-0.15, -0.1) is 0 Å². The molecule has 1 N–H and O–H groups in total. The van der Waals surface area contributed by atoms with Gasteiger partial charge in [-0.25, -0.2) is 0 Å². The first-order valence-corrected chi connectivity index (χ1v) is 7.31. The molecule has 1 heterocycles. The van der Waals surface area contributed by atoms with Gasteiger partial charge in [0.15, 0.2) is 0 Å². The molecule has 1 unspecified atom stereocenters. The van der Waals surface area contributed by atoms with Crippen molar-refractivity contribution in [2.75, 3.05) is 17.3 Å². The van der Waals surface area contributed by atoms with Crippen LogP contribution in [0, 0.1) is 6.92 Å². The number of hydrogen-bond acceptors (Lipinski definition) is 2. The van der Waals surface area contributed by atoms with Crippen molar-refractivity contribution in [3.8, 4) is 0 Å². The molecule has 0 radical (unpaired) electrons. The smallest absolute Gasteiger partial charge is 0.260 e. The van der Waals surface area contributed by atoms with Crippen molar-refractivity contribution in [2.24, 2.45) is 0 Å². The molecule has 3 heteroatoms. The molecule has 1 atom stereocenters. The highest BCUT2D eigenvalue weighted by molar-refractivity contribution is 6.11. The number of benzene rings is 2. The molecule has 0 aromatic heterocycles. The van der Waals surface area contributed by atoms with E-state index in [1.807, 2.05) is 55.3 Å². The monoisotopic (exact) mass is 280 g/mol. The van der Waals surface area contributed by atoms with Crippen LogP contribution in [-0.4, -0.2) is 19.0 Å². The molecule has 1 amide bonds. The fourth-order valence-corrected chi connectivity index (χ4v) is 3.06. The lowest BCUT2D eigenvalue weighted by molar-refractivity contribution is 0.0982. The number of nitrogens with one attached hydrogen (secondary N) is 1. The lowest BCUT2D eigenvalue weighted by atomic mass is 10.1. The topological polar surface area (TPSA) is 32.3 Å². The van der Waals surface area contributed by atoms with E-state index in [0.29, 0.717) is 0 Å². The molecule has 0 saturated heterocycles. The van der Waals surface area contributed by atoms with Crippen LogP contribution in [0.5, 0.6) is 0 Å². The van der Waals surface area contributed by atoms with Crippen molar-refractivity contribution in [3.63, 3.8) is 0 Å². The number of anilines is 2. The van der Waals surface area contributed by atoms with E-state index >= 15 is 0 Å². The number of nitrogens with zero attached hydrogens (tertiary/aromatic N) is 1. The van der Waals surface area contributed by atoms with Gasteiger partial charge in [-0.05, 0) is 49.6 Å². The van der Waals surface area contributed by atoms with Crippen LogP contribution in [-0.2, 0) is 6.42 Å². The number of carbonyl (C=O) groups is 1. The maximum Gasteiger partial charge on any atom is 0.260 e. The van der Waals surface area contributed by atoms with Gasteiger partial charge in [0, 0.05) is 24.5 Å². The van der Waals surface area contributed by atoms with Gasteiger partial charge in [0.25, 0.3) is 5.91 Å². The molecule has 0 bridgehead atoms. The van der Waals surface area contributed by atoms with Crippen LogP contribution in [0.15, 0.2) is 42.5 Å². The maximum absolute atomic E-state index is 13.0. The van der Waals surface area contributed by atoms with E-state index in [2.05, 4.69) is 18.3 Å². The molecule has 2 aromatic carbocycles. The first-order chi connectivity index (χ1) is 10.1. The third-order valence-electron chi connectivity index (χ3n) is 4.10. The van der Waals surface area contributed by atoms with Crippen LogP contribution < -0.4 is 10.2 Å². The van der Waals surface area contributed by atoms with Crippen LogP contribution in [0.4, 0.5) is 11.4 Å². The predicted octanol–water partition coefficient (Wildman–Crippen LogP) is 3.63. The summed E-state index contributed by atoms with van der Waals surface area (Å²) in [7, 11) is 1.85. The second-order valence-electron chi connectivity index (χ2n) is 5.66. The van der Waals surface area contributed by atoms with Crippen LogP contribution in [0.2, 0.25) is 0 Å². The Morgan fingerprint density at radius 1 is 1.24 bits per heavy atom. The van der Waals surface area contributed by atoms with Crippen molar-refractivity contribution >= 4 is 17.3 Å². The summed E-state index contributed by atoms with van der Waals surface area (Å²) >= 11 is 0. The number of carbonyl (C=O) groups excluding carboxylic acids is 1. The first-order valence-electron chi connectivity index (χ1n) is 7.31. The molecule has 21 heavy (non-hydrogen) atoms. The van der Waals surface area contributed by atoms with Gasteiger partial charge < -0.3 is 10.2 Å².